The molecule has 770 valence electrons. The Kier molecular flexibility index (Phi) is 37.3. The number of nitrogen functional groups attached to an aromatic ring is 2. The van der Waals surface area contributed by atoms with E-state index in [1.54, 1.807) is 90.1 Å². The number of urea groups is 1. The SMILES string of the molecule is CC1(C)C[C@@H](O)[C@H](N)c2cc(F)c(F)cc21.Cc1cc(N)c(-c2ccccc2)nc1C(=O)O.Cc1cc(NC(=O)Oc2ccccc2)c(-c2ccccc2)nc1Br.Cc1ccc(OC(=O)Nc2cc(C)c(C(=O)NCc3nnc(C)o3)nc2-c2ccccc2)cc1.Cc1nnc(CNC(=O)c2nc(-c3ccccc3)c(N)cc2C)o1.Cl.[C-]#[N+]c1nc(-c2ccccc2)c(NC(=O)N[C@@H]2c3cc(F)c(F)cc3C(C)(C)C[C@H]2O)cc1C. The van der Waals surface area contributed by atoms with Crippen LogP contribution in [0.2, 0.25) is 0 Å². The average molecular weight is 2120 g/mol. The summed E-state index contributed by atoms with van der Waals surface area (Å²) in [6, 6.07) is 73.8. The van der Waals surface area contributed by atoms with E-state index in [4.69, 9.17) is 47.2 Å². The number of nitrogens with two attached hydrogens (primary N) is 3. The number of aryl methyl sites for hydroxylation is 8. The fourth-order valence-corrected chi connectivity index (χ4v) is 16.7. The molecule has 16 aromatic rings. The molecule has 15 N–H and O–H groups in total. The lowest BCUT2D eigenvalue weighted by molar-refractivity contribution is 0.0688. The molecule has 2 aliphatic rings. The van der Waals surface area contributed by atoms with Crippen molar-refractivity contribution >= 4 is 98.6 Å². The van der Waals surface area contributed by atoms with E-state index in [2.05, 4.69) is 98.0 Å². The topological polar surface area (TPSA) is 478 Å². The van der Waals surface area contributed by atoms with Crippen LogP contribution < -0.4 is 58.6 Å². The minimum absolute atomic E-state index is 0. The summed E-state index contributed by atoms with van der Waals surface area (Å²) in [5, 5.41) is 61.2. The van der Waals surface area contributed by atoms with Crippen molar-refractivity contribution in [1.82, 2.24) is 61.3 Å². The largest absolute Gasteiger partial charge is 0.477 e. The summed E-state index contributed by atoms with van der Waals surface area (Å²) in [5.41, 5.74) is 32.8. The first-order valence-electron chi connectivity index (χ1n) is 46.6. The summed E-state index contributed by atoms with van der Waals surface area (Å²) in [4.78, 5) is 99.6. The number of aromatic nitrogens is 9. The summed E-state index contributed by atoms with van der Waals surface area (Å²) in [6.07, 6.45) is -2.23. The van der Waals surface area contributed by atoms with Crippen LogP contribution in [-0.4, -0.2) is 109 Å². The van der Waals surface area contributed by atoms with Gasteiger partial charge < -0.3 is 76.9 Å². The molecule has 38 heteroatoms. The number of fused-ring (bicyclic) bond motifs is 2. The van der Waals surface area contributed by atoms with Crippen molar-refractivity contribution in [2.75, 3.05) is 27.4 Å². The smallest absolute Gasteiger partial charge is 0.417 e. The average Bonchev–Trinajstić information content (AvgIpc) is 0.804. The van der Waals surface area contributed by atoms with Gasteiger partial charge in [-0.25, -0.2) is 56.7 Å². The second-order valence-electron chi connectivity index (χ2n) is 36.1. The first-order chi connectivity index (χ1) is 71.1. The van der Waals surface area contributed by atoms with Crippen LogP contribution in [0.15, 0.2) is 274 Å². The van der Waals surface area contributed by atoms with Gasteiger partial charge in [-0.3, -0.25) is 20.2 Å². The predicted molar refractivity (Wildman–Crippen MR) is 568 cm³/mol. The highest BCUT2D eigenvalue weighted by atomic mass is 79.9. The van der Waals surface area contributed by atoms with Crippen LogP contribution in [-0.2, 0) is 23.9 Å². The highest BCUT2D eigenvalue weighted by molar-refractivity contribution is 9.10. The van der Waals surface area contributed by atoms with Gasteiger partial charge in [0.15, 0.2) is 34.7 Å². The number of carbonyl (C=O) groups is 6. The fraction of sp³-hybridized carbons (Fsp3) is 0.196. The van der Waals surface area contributed by atoms with E-state index in [0.717, 1.165) is 56.2 Å². The number of carboxylic acids is 1. The van der Waals surface area contributed by atoms with Crippen LogP contribution in [0.25, 0.3) is 61.1 Å². The first-order valence-corrected chi connectivity index (χ1v) is 47.4. The van der Waals surface area contributed by atoms with Crippen molar-refractivity contribution in [3.63, 3.8) is 0 Å². The van der Waals surface area contributed by atoms with E-state index in [1.807, 2.05) is 230 Å². The molecule has 0 bridgehead atoms. The minimum atomic E-state index is -1.04. The molecular formula is C112H107BrClF4N19O13. The van der Waals surface area contributed by atoms with E-state index >= 15 is 0 Å². The molecular weight excluding hydrogens is 2010 g/mol. The third kappa shape index (κ3) is 28.7. The van der Waals surface area contributed by atoms with Crippen LogP contribution in [0.1, 0.15) is 163 Å². The van der Waals surface area contributed by atoms with Gasteiger partial charge in [0.25, 0.3) is 17.6 Å². The number of nitrogens with one attached hydrogen (secondary N) is 6. The second kappa shape index (κ2) is 50.2. The molecule has 0 unspecified atom stereocenters. The summed E-state index contributed by atoms with van der Waals surface area (Å²) < 4.78 is 76.3. The third-order valence-electron chi connectivity index (χ3n) is 23.7. The van der Waals surface area contributed by atoms with Gasteiger partial charge in [0.05, 0.1) is 88.6 Å². The number of benzene rings is 9. The summed E-state index contributed by atoms with van der Waals surface area (Å²) in [5.74, 6) is -2.93. The normalized spacial score (nSPS) is 14.0. The lowest BCUT2D eigenvalue weighted by Gasteiger charge is -2.40. The highest BCUT2D eigenvalue weighted by Gasteiger charge is 2.42. The number of halogens is 6. The number of amides is 6. The number of rotatable bonds is 18. The second-order valence-corrected chi connectivity index (χ2v) is 36.8. The number of anilines is 5. The van der Waals surface area contributed by atoms with Gasteiger partial charge in [0.1, 0.15) is 27.5 Å². The lowest BCUT2D eigenvalue weighted by Crippen LogP contribution is -2.45. The molecule has 2 aliphatic carbocycles. The monoisotopic (exact) mass is 2120 g/mol. The minimum Gasteiger partial charge on any atom is -0.477 e. The van der Waals surface area contributed by atoms with Gasteiger partial charge in [0.2, 0.25) is 23.6 Å². The van der Waals surface area contributed by atoms with E-state index in [9.17, 15) is 56.5 Å². The Morgan fingerprint density at radius 2 is 0.793 bits per heavy atom. The molecule has 0 radical (unpaired) electrons. The highest BCUT2D eigenvalue weighted by Crippen LogP contribution is 2.45. The van der Waals surface area contributed by atoms with Crippen LogP contribution in [0.3, 0.4) is 0 Å². The van der Waals surface area contributed by atoms with Crippen molar-refractivity contribution in [3.8, 4) is 67.8 Å². The molecule has 0 fully saturated rings. The van der Waals surface area contributed by atoms with Crippen LogP contribution in [0.5, 0.6) is 11.5 Å². The molecule has 7 aromatic heterocycles. The van der Waals surface area contributed by atoms with Crippen molar-refractivity contribution < 1.29 is 80.0 Å². The maximum absolute atomic E-state index is 14.1. The van der Waals surface area contributed by atoms with E-state index in [-0.39, 0.29) is 60.4 Å². The van der Waals surface area contributed by atoms with Crippen LogP contribution >= 0.6 is 28.3 Å². The van der Waals surface area contributed by atoms with Crippen LogP contribution in [0.4, 0.5) is 66.2 Å². The molecule has 150 heavy (non-hydrogen) atoms. The predicted octanol–water partition coefficient (Wildman–Crippen LogP) is 22.8. The zero-order chi connectivity index (χ0) is 107. The first kappa shape index (κ1) is 111. The molecule has 0 saturated heterocycles. The standard InChI is InChI=1S/C26H24F2N4O2.C25H23N5O4.C19H15BrN2O2.C17H17N5O2.C13H12N2O2.C12H15F2NO.ClH/c1-14-10-20(22(31-24(14)29-4)15-8-6-5-7-9-15)30-25(34)32-23-16-11-18(27)19(28)12-17(16)26(2,3)13-21(23)33;1-15-9-11-19(12-10-15)34-25(32)27-20-13-16(2)22(28-23(20)18-7-5-4-6-8-18)24(31)26-14-21-30-29-17(3)33-21;1-13-12-16(21-19(23)24-15-10-6-3-7-11-15)17(22-18(13)20)14-8-4-2-5-9-14;1-10-8-13(18)16(12-6-4-3-5-7-12)20-15(10)17(23)19-9-14-22-21-11(2)24-14;1-8-7-10(14)12(15-11(8)13(16)17)9-5-3-2-4-6-9;1-12(2)5-10(16)11(15)6-3-8(13)9(14)4-7(6)12;/h5-12,21,23,33H,13H2,1-3H3,(H2,30,32,34);4-13H,14H2,1-3H3,(H,26,31)(H,27,32);2-12H,1H3,(H,21,23);3-8H,9,18H2,1-2H3,(H,19,23);2-7H,14H2,1H3,(H,16,17);3-4,10-11,16H,5,15H2,1-2H3;1H/t21-,23-;;;;;10-,11-;/m1....1./s1. The Balaban J connectivity index is 0.000000163. The molecule has 9 aromatic carbocycles. The Hall–Kier alpha value is -17.3. The Morgan fingerprint density at radius 3 is 1.23 bits per heavy atom. The Morgan fingerprint density at radius 1 is 0.440 bits per heavy atom. The molecule has 0 spiro atoms. The fourth-order valence-electron chi connectivity index (χ4n) is 16.4. The van der Waals surface area contributed by atoms with E-state index in [0.29, 0.717) is 154 Å². The summed E-state index contributed by atoms with van der Waals surface area (Å²) in [7, 11) is 0. The summed E-state index contributed by atoms with van der Waals surface area (Å²) in [6.45, 7) is 29.2. The van der Waals surface area contributed by atoms with Crippen LogP contribution in [0, 0.1) is 85.2 Å². The van der Waals surface area contributed by atoms with Crippen molar-refractivity contribution in [1.29, 1.82) is 0 Å². The zero-order valence-corrected chi connectivity index (χ0v) is 85.8. The maximum atomic E-state index is 14.1. The van der Waals surface area contributed by atoms with E-state index < -0.39 is 83.1 Å². The van der Waals surface area contributed by atoms with Gasteiger partial charge in [0, 0.05) is 41.7 Å². The molecule has 4 atom stereocenters. The number of hydrogen-bond donors (Lipinski definition) is 12. The molecule has 6 amide bonds. The molecule has 0 aliphatic heterocycles. The number of carbonyl (C=O) groups excluding carboxylic acids is 5. The number of hydrogen-bond acceptors (Lipinski definition) is 24. The van der Waals surface area contributed by atoms with Gasteiger partial charge >= 0.3 is 24.2 Å². The number of aliphatic hydroxyl groups is 2. The number of aliphatic hydroxyl groups excluding tert-OH is 2. The Bertz CT molecular complexity index is 7600. The number of ether oxygens (including phenoxy) is 2. The number of para-hydroxylation sites is 1. The zero-order valence-electron chi connectivity index (χ0n) is 83.4. The van der Waals surface area contributed by atoms with Gasteiger partial charge in [-0.2, -0.15) is 0 Å². The molecule has 0 saturated carbocycles. The number of pyridine rings is 5. The lowest BCUT2D eigenvalue weighted by atomic mass is 9.69. The van der Waals surface area contributed by atoms with Crippen molar-refractivity contribution in [2.45, 2.75) is 144 Å². The Labute approximate surface area is 876 Å². The molecule has 18 rings (SSSR count). The third-order valence-corrected chi connectivity index (χ3v) is 24.5. The molecule has 7 heterocycles. The number of carboxylic acid groups (broad SMARTS) is 1. The quantitative estimate of drug-likeness (QED) is 0.0216. The molecule has 32 nitrogen and oxygen atoms in total. The van der Waals surface area contributed by atoms with Crippen molar-refractivity contribution in [3.05, 3.63) is 396 Å². The van der Waals surface area contributed by atoms with Gasteiger partial charge in [-0.1, -0.05) is 222 Å². The maximum Gasteiger partial charge on any atom is 0.417 e. The number of nitrogens with zero attached hydrogens (tertiary/aromatic N) is 10. The van der Waals surface area contributed by atoms with Gasteiger partial charge in [-0.05, 0) is 210 Å². The van der Waals surface area contributed by atoms with Crippen molar-refractivity contribution in [2.24, 2.45) is 5.73 Å². The number of aromatic carboxylic acids is 1. The van der Waals surface area contributed by atoms with E-state index in [1.165, 1.54) is 6.07 Å². The summed E-state index contributed by atoms with van der Waals surface area (Å²) >= 11 is 3.44. The van der Waals surface area contributed by atoms with Gasteiger partial charge in [-0.15, -0.1) is 37.8 Å².